The Labute approximate surface area is 123 Å². The Kier molecular flexibility index (Phi) is 4.51. The number of sulfone groups is 1. The lowest BCUT2D eigenvalue weighted by Crippen LogP contribution is -2.50. The maximum absolute atomic E-state index is 11.7. The molecule has 2 unspecified atom stereocenters. The molecule has 0 radical (unpaired) electrons. The summed E-state index contributed by atoms with van der Waals surface area (Å²) in [5, 5.41) is 8.99. The number of hydrogen-bond acceptors (Lipinski definition) is 5. The molecule has 1 aliphatic rings. The van der Waals surface area contributed by atoms with Gasteiger partial charge >= 0.3 is 5.97 Å². The lowest BCUT2D eigenvalue weighted by atomic mass is 10.1. The van der Waals surface area contributed by atoms with Gasteiger partial charge < -0.3 is 5.11 Å². The average molecular weight is 317 g/mol. The molecule has 0 saturated carbocycles. The molecule has 1 fully saturated rings. The summed E-state index contributed by atoms with van der Waals surface area (Å²) < 4.78 is 23.5. The van der Waals surface area contributed by atoms with Gasteiger partial charge in [0.25, 0.3) is 0 Å². The van der Waals surface area contributed by atoms with Crippen molar-refractivity contribution in [2.45, 2.75) is 32.4 Å². The molecule has 1 N–H and O–H groups in total. The number of thiophene rings is 1. The number of hydrogen-bond donors (Lipinski definition) is 1. The highest BCUT2D eigenvalue weighted by molar-refractivity contribution is 7.91. The molecule has 1 saturated heterocycles. The summed E-state index contributed by atoms with van der Waals surface area (Å²) >= 11 is 1.67. The number of nitrogens with zero attached hydrogens (tertiary/aromatic N) is 1. The molecule has 2 rings (SSSR count). The van der Waals surface area contributed by atoms with E-state index in [9.17, 15) is 13.2 Å². The number of aliphatic carboxylic acids is 1. The molecule has 5 nitrogen and oxygen atoms in total. The Balaban J connectivity index is 2.21. The average Bonchev–Trinajstić information content (AvgIpc) is 2.73. The normalized spacial score (nSPS) is 24.4. The van der Waals surface area contributed by atoms with Gasteiger partial charge in [0, 0.05) is 28.4 Å². The minimum atomic E-state index is -3.12. The van der Waals surface area contributed by atoms with E-state index in [4.69, 9.17) is 5.11 Å². The smallest absolute Gasteiger partial charge is 0.304 e. The van der Waals surface area contributed by atoms with Crippen LogP contribution in [-0.2, 0) is 14.6 Å². The van der Waals surface area contributed by atoms with Gasteiger partial charge in [-0.25, -0.2) is 8.42 Å². The summed E-state index contributed by atoms with van der Waals surface area (Å²) in [6.45, 7) is 4.44. The van der Waals surface area contributed by atoms with E-state index in [2.05, 4.69) is 0 Å². The number of rotatable bonds is 4. The zero-order valence-electron chi connectivity index (χ0n) is 11.6. The van der Waals surface area contributed by atoms with Crippen molar-refractivity contribution in [3.05, 3.63) is 21.9 Å². The standard InChI is InChI=1S/C13H19NO4S2/c1-9-3-4-12(19-9)10(2)14-5-6-20(17,18)8-11(14)7-13(15)16/h3-4,10-11H,5-8H2,1-2H3,(H,15,16). The van der Waals surface area contributed by atoms with Crippen LogP contribution in [0.1, 0.15) is 29.1 Å². The van der Waals surface area contributed by atoms with Crippen molar-refractivity contribution < 1.29 is 18.3 Å². The van der Waals surface area contributed by atoms with Gasteiger partial charge in [0.05, 0.1) is 17.9 Å². The van der Waals surface area contributed by atoms with E-state index in [-0.39, 0.29) is 24.0 Å². The fourth-order valence-electron chi connectivity index (χ4n) is 2.63. The molecule has 0 aromatic carbocycles. The van der Waals surface area contributed by atoms with Crippen LogP contribution in [0.3, 0.4) is 0 Å². The number of carboxylic acid groups (broad SMARTS) is 1. The topological polar surface area (TPSA) is 74.7 Å². The van der Waals surface area contributed by atoms with Crippen LogP contribution in [0.15, 0.2) is 12.1 Å². The largest absolute Gasteiger partial charge is 0.481 e. The number of carbonyl (C=O) groups is 1. The van der Waals surface area contributed by atoms with Crippen LogP contribution < -0.4 is 0 Å². The highest BCUT2D eigenvalue weighted by Gasteiger charge is 2.35. The Bertz CT molecular complexity index is 593. The summed E-state index contributed by atoms with van der Waals surface area (Å²) in [5.41, 5.74) is 0. The van der Waals surface area contributed by atoms with Crippen molar-refractivity contribution in [1.29, 1.82) is 0 Å². The summed E-state index contributed by atoms with van der Waals surface area (Å²) in [6.07, 6.45) is -0.131. The number of carboxylic acids is 1. The van der Waals surface area contributed by atoms with Gasteiger partial charge in [-0.05, 0) is 26.0 Å². The van der Waals surface area contributed by atoms with Crippen LogP contribution in [0.4, 0.5) is 0 Å². The third-order valence-corrected chi connectivity index (χ3v) is 6.52. The predicted molar refractivity (Wildman–Crippen MR) is 78.9 cm³/mol. The Morgan fingerprint density at radius 3 is 2.80 bits per heavy atom. The molecule has 1 aromatic heterocycles. The van der Waals surface area contributed by atoms with Crippen LogP contribution in [0.25, 0.3) is 0 Å². The molecule has 0 bridgehead atoms. The summed E-state index contributed by atoms with van der Waals surface area (Å²) in [7, 11) is -3.12. The molecular weight excluding hydrogens is 298 g/mol. The molecule has 2 heterocycles. The van der Waals surface area contributed by atoms with Gasteiger partial charge in [-0.3, -0.25) is 9.69 Å². The lowest BCUT2D eigenvalue weighted by Gasteiger charge is -2.38. The summed E-state index contributed by atoms with van der Waals surface area (Å²) in [6, 6.07) is 3.67. The summed E-state index contributed by atoms with van der Waals surface area (Å²) in [5.74, 6) is -0.905. The molecule has 7 heteroatoms. The van der Waals surface area contributed by atoms with Crippen molar-refractivity contribution in [3.8, 4) is 0 Å². The minimum Gasteiger partial charge on any atom is -0.481 e. The van der Waals surface area contributed by atoms with E-state index in [0.29, 0.717) is 6.54 Å². The minimum absolute atomic E-state index is 0.0496. The Morgan fingerprint density at radius 1 is 1.55 bits per heavy atom. The molecule has 0 amide bonds. The zero-order valence-corrected chi connectivity index (χ0v) is 13.2. The van der Waals surface area contributed by atoms with Crippen molar-refractivity contribution in [1.82, 2.24) is 4.90 Å². The molecule has 1 aromatic rings. The molecule has 0 spiro atoms. The molecule has 1 aliphatic heterocycles. The summed E-state index contributed by atoms with van der Waals surface area (Å²) in [4.78, 5) is 15.3. The Hall–Kier alpha value is -0.920. The van der Waals surface area contributed by atoms with Crippen molar-refractivity contribution >= 4 is 27.1 Å². The van der Waals surface area contributed by atoms with Crippen molar-refractivity contribution in [3.63, 3.8) is 0 Å². The van der Waals surface area contributed by atoms with E-state index >= 15 is 0 Å². The van der Waals surface area contributed by atoms with E-state index in [1.165, 1.54) is 4.88 Å². The van der Waals surface area contributed by atoms with Gasteiger partial charge in [-0.15, -0.1) is 11.3 Å². The fourth-order valence-corrected chi connectivity index (χ4v) is 5.13. The highest BCUT2D eigenvalue weighted by Crippen LogP contribution is 2.31. The quantitative estimate of drug-likeness (QED) is 0.914. The van der Waals surface area contributed by atoms with E-state index in [1.807, 2.05) is 30.9 Å². The first kappa shape index (κ1) is 15.5. The van der Waals surface area contributed by atoms with Crippen molar-refractivity contribution in [2.75, 3.05) is 18.1 Å². The van der Waals surface area contributed by atoms with Gasteiger partial charge in [0.2, 0.25) is 0 Å². The van der Waals surface area contributed by atoms with E-state index < -0.39 is 21.8 Å². The monoisotopic (exact) mass is 317 g/mol. The zero-order chi connectivity index (χ0) is 14.9. The lowest BCUT2D eigenvalue weighted by molar-refractivity contribution is -0.138. The molecule has 2 atom stereocenters. The first-order valence-electron chi connectivity index (χ1n) is 6.53. The van der Waals surface area contributed by atoms with Crippen LogP contribution in [0.2, 0.25) is 0 Å². The highest BCUT2D eigenvalue weighted by atomic mass is 32.2. The maximum atomic E-state index is 11.7. The predicted octanol–water partition coefficient (Wildman–Crippen LogP) is 1.69. The first-order valence-corrected chi connectivity index (χ1v) is 9.16. The van der Waals surface area contributed by atoms with Crippen molar-refractivity contribution in [2.24, 2.45) is 0 Å². The van der Waals surface area contributed by atoms with Gasteiger partial charge in [-0.1, -0.05) is 0 Å². The third kappa shape index (κ3) is 3.59. The molecule has 112 valence electrons. The molecule has 20 heavy (non-hydrogen) atoms. The second-order valence-corrected chi connectivity index (χ2v) is 8.78. The van der Waals surface area contributed by atoms with Gasteiger partial charge in [-0.2, -0.15) is 0 Å². The van der Waals surface area contributed by atoms with Crippen LogP contribution >= 0.6 is 11.3 Å². The van der Waals surface area contributed by atoms with Crippen LogP contribution in [0, 0.1) is 6.92 Å². The maximum Gasteiger partial charge on any atom is 0.304 e. The number of aryl methyl sites for hydroxylation is 1. The third-order valence-electron chi connectivity index (χ3n) is 3.66. The van der Waals surface area contributed by atoms with Crippen LogP contribution in [-0.4, -0.2) is 48.5 Å². The van der Waals surface area contributed by atoms with Crippen LogP contribution in [0.5, 0.6) is 0 Å². The second-order valence-electron chi connectivity index (χ2n) is 5.23. The second kappa shape index (κ2) is 5.83. The first-order chi connectivity index (χ1) is 9.28. The Morgan fingerprint density at radius 2 is 2.25 bits per heavy atom. The van der Waals surface area contributed by atoms with E-state index in [0.717, 1.165) is 4.88 Å². The molecular formula is C13H19NO4S2. The SMILES string of the molecule is Cc1ccc(C(C)N2CCS(=O)(=O)CC2CC(=O)O)s1. The molecule has 0 aliphatic carbocycles. The fraction of sp³-hybridized carbons (Fsp3) is 0.615. The van der Waals surface area contributed by atoms with Gasteiger partial charge in [0.15, 0.2) is 9.84 Å². The van der Waals surface area contributed by atoms with Gasteiger partial charge in [0.1, 0.15) is 0 Å². The van der Waals surface area contributed by atoms with E-state index in [1.54, 1.807) is 11.3 Å².